The van der Waals surface area contributed by atoms with E-state index < -0.39 is 0 Å². The van der Waals surface area contributed by atoms with Crippen LogP contribution in [-0.4, -0.2) is 60.3 Å². The summed E-state index contributed by atoms with van der Waals surface area (Å²) in [4.78, 5) is 17.0. The van der Waals surface area contributed by atoms with Crippen molar-refractivity contribution in [2.45, 2.75) is 45.2 Å². The maximum Gasteiger partial charge on any atom is 0.224 e. The van der Waals surface area contributed by atoms with Crippen LogP contribution in [0.5, 0.6) is 0 Å². The van der Waals surface area contributed by atoms with Gasteiger partial charge in [-0.15, -0.1) is 5.10 Å². The van der Waals surface area contributed by atoms with Gasteiger partial charge in [0.1, 0.15) is 0 Å². The molecule has 1 amide bonds. The van der Waals surface area contributed by atoms with Gasteiger partial charge in [-0.25, -0.2) is 0 Å². The van der Waals surface area contributed by atoms with E-state index in [-0.39, 0.29) is 18.0 Å². The van der Waals surface area contributed by atoms with Crippen molar-refractivity contribution in [1.82, 2.24) is 20.4 Å². The second-order valence-corrected chi connectivity index (χ2v) is 8.22. The summed E-state index contributed by atoms with van der Waals surface area (Å²) in [5.41, 5.74) is 3.24. The Morgan fingerprint density at radius 2 is 1.86 bits per heavy atom. The van der Waals surface area contributed by atoms with Crippen LogP contribution in [0.4, 0.5) is 5.82 Å². The number of carbonyl (C=O) groups is 1. The third-order valence-electron chi connectivity index (χ3n) is 5.42. The number of nitrogens with zero attached hydrogens (tertiary/aromatic N) is 4. The van der Waals surface area contributed by atoms with Crippen molar-refractivity contribution in [1.29, 1.82) is 0 Å². The average Bonchev–Trinajstić information content (AvgIpc) is 3.06. The van der Waals surface area contributed by atoms with E-state index >= 15 is 0 Å². The Labute approximate surface area is 168 Å². The first-order chi connectivity index (χ1) is 13.3. The van der Waals surface area contributed by atoms with Gasteiger partial charge in [-0.2, -0.15) is 5.10 Å². The lowest BCUT2D eigenvalue weighted by Crippen LogP contribution is -2.49. The molecule has 150 valence electrons. The third kappa shape index (κ3) is 4.87. The maximum absolute atomic E-state index is 12.7. The molecule has 1 saturated heterocycles. The topological polar surface area (TPSA) is 61.4 Å². The van der Waals surface area contributed by atoms with Crippen molar-refractivity contribution in [2.24, 2.45) is 0 Å². The molecule has 1 aromatic heterocycles. The van der Waals surface area contributed by atoms with Crippen molar-refractivity contribution in [2.75, 3.05) is 32.1 Å². The molecule has 6 heteroatoms. The van der Waals surface area contributed by atoms with Crippen molar-refractivity contribution >= 4 is 11.7 Å². The van der Waals surface area contributed by atoms with Gasteiger partial charge in [-0.1, -0.05) is 38.1 Å². The number of anilines is 1. The largest absolute Gasteiger partial charge is 0.351 e. The summed E-state index contributed by atoms with van der Waals surface area (Å²) in [7, 11) is 4.11. The van der Waals surface area contributed by atoms with Gasteiger partial charge in [0, 0.05) is 19.1 Å². The van der Waals surface area contributed by atoms with Crippen molar-refractivity contribution < 1.29 is 4.79 Å². The molecule has 6 nitrogen and oxygen atoms in total. The molecule has 0 unspecified atom stereocenters. The first kappa shape index (κ1) is 20.3. The summed E-state index contributed by atoms with van der Waals surface area (Å²) in [6.45, 7) is 7.83. The summed E-state index contributed by atoms with van der Waals surface area (Å²) in [5.74, 6) is 1.42. The lowest BCUT2D eigenvalue weighted by Gasteiger charge is -2.25. The molecule has 0 saturated carbocycles. The predicted molar refractivity (Wildman–Crippen MR) is 113 cm³/mol. The SMILES string of the molecule is Cc1ccc(N2C[C@@H](N(C)C)[C@H](NC(=O)Cc3ccc(C(C)C)cc3)C2)nn1. The summed E-state index contributed by atoms with van der Waals surface area (Å²) < 4.78 is 0. The van der Waals surface area contributed by atoms with E-state index in [1.54, 1.807) is 0 Å². The highest BCUT2D eigenvalue weighted by Crippen LogP contribution is 2.21. The molecular weight excluding hydrogens is 350 g/mol. The van der Waals surface area contributed by atoms with Crippen LogP contribution in [-0.2, 0) is 11.2 Å². The van der Waals surface area contributed by atoms with Crippen LogP contribution in [0, 0.1) is 6.92 Å². The van der Waals surface area contributed by atoms with Gasteiger partial charge in [0.25, 0.3) is 0 Å². The van der Waals surface area contributed by atoms with E-state index in [1.165, 1.54) is 5.56 Å². The van der Waals surface area contributed by atoms with Crippen LogP contribution < -0.4 is 10.2 Å². The minimum Gasteiger partial charge on any atom is -0.351 e. The van der Waals surface area contributed by atoms with E-state index in [1.807, 2.05) is 19.1 Å². The average molecular weight is 382 g/mol. The Hall–Kier alpha value is -2.47. The maximum atomic E-state index is 12.7. The number of hydrogen-bond donors (Lipinski definition) is 1. The van der Waals surface area contributed by atoms with Gasteiger partial charge in [0.2, 0.25) is 5.91 Å². The fraction of sp³-hybridized carbons (Fsp3) is 0.500. The monoisotopic (exact) mass is 381 g/mol. The van der Waals surface area contributed by atoms with Gasteiger partial charge >= 0.3 is 0 Å². The second kappa shape index (κ2) is 8.69. The zero-order valence-electron chi connectivity index (χ0n) is 17.5. The molecule has 0 radical (unpaired) electrons. The van der Waals surface area contributed by atoms with Crippen molar-refractivity contribution in [3.05, 3.63) is 53.2 Å². The first-order valence-corrected chi connectivity index (χ1v) is 9.93. The molecule has 2 heterocycles. The molecule has 0 aliphatic carbocycles. The van der Waals surface area contributed by atoms with Crippen LogP contribution in [0.25, 0.3) is 0 Å². The fourth-order valence-corrected chi connectivity index (χ4v) is 3.66. The molecule has 2 aromatic rings. The van der Waals surface area contributed by atoms with Gasteiger partial charge in [0.05, 0.1) is 18.2 Å². The van der Waals surface area contributed by atoms with Gasteiger partial charge in [-0.3, -0.25) is 4.79 Å². The van der Waals surface area contributed by atoms with E-state index in [4.69, 9.17) is 0 Å². The molecule has 1 aromatic carbocycles. The fourth-order valence-electron chi connectivity index (χ4n) is 3.66. The van der Waals surface area contributed by atoms with Crippen molar-refractivity contribution in [3.63, 3.8) is 0 Å². The van der Waals surface area contributed by atoms with Crippen LogP contribution in [0.2, 0.25) is 0 Å². The summed E-state index contributed by atoms with van der Waals surface area (Å²) >= 11 is 0. The number of likely N-dealkylation sites (N-methyl/N-ethyl adjacent to an activating group) is 1. The number of amides is 1. The molecule has 1 aliphatic rings. The lowest BCUT2D eigenvalue weighted by molar-refractivity contribution is -0.121. The zero-order chi connectivity index (χ0) is 20.3. The van der Waals surface area contributed by atoms with Gasteiger partial charge in [0.15, 0.2) is 5.82 Å². The summed E-state index contributed by atoms with van der Waals surface area (Å²) in [5, 5.41) is 11.7. The first-order valence-electron chi connectivity index (χ1n) is 9.93. The number of hydrogen-bond acceptors (Lipinski definition) is 5. The Morgan fingerprint density at radius 1 is 1.14 bits per heavy atom. The Kier molecular flexibility index (Phi) is 6.29. The Balaban J connectivity index is 1.63. The number of benzene rings is 1. The number of carbonyl (C=O) groups excluding carboxylic acids is 1. The van der Waals surface area contributed by atoms with E-state index in [9.17, 15) is 4.79 Å². The number of aryl methyl sites for hydroxylation is 1. The van der Waals surface area contributed by atoms with Crippen LogP contribution in [0.15, 0.2) is 36.4 Å². The zero-order valence-corrected chi connectivity index (χ0v) is 17.5. The molecule has 0 bridgehead atoms. The third-order valence-corrected chi connectivity index (χ3v) is 5.42. The normalized spacial score (nSPS) is 19.5. The predicted octanol–water partition coefficient (Wildman–Crippen LogP) is 2.39. The number of nitrogens with one attached hydrogen (secondary N) is 1. The smallest absolute Gasteiger partial charge is 0.224 e. The highest BCUT2D eigenvalue weighted by molar-refractivity contribution is 5.79. The van der Waals surface area contributed by atoms with E-state index in [0.717, 1.165) is 30.2 Å². The van der Waals surface area contributed by atoms with Crippen LogP contribution in [0.3, 0.4) is 0 Å². The second-order valence-electron chi connectivity index (χ2n) is 8.22. The minimum atomic E-state index is 0.0561. The molecule has 1 aliphatic heterocycles. The number of rotatable bonds is 6. The Bertz CT molecular complexity index is 786. The highest BCUT2D eigenvalue weighted by atomic mass is 16.1. The standard InChI is InChI=1S/C22H31N5O/c1-15(2)18-9-7-17(8-10-18)12-22(28)23-19-13-27(14-20(19)26(4)5)21-11-6-16(3)24-25-21/h6-11,15,19-20H,12-14H2,1-5H3,(H,23,28)/t19-,20-/m1/s1. The molecule has 1 N–H and O–H groups in total. The molecule has 0 spiro atoms. The van der Waals surface area contributed by atoms with Gasteiger partial charge in [-0.05, 0) is 50.2 Å². The van der Waals surface area contributed by atoms with Gasteiger partial charge < -0.3 is 15.1 Å². The quantitative estimate of drug-likeness (QED) is 0.832. The van der Waals surface area contributed by atoms with Crippen molar-refractivity contribution in [3.8, 4) is 0 Å². The molecule has 28 heavy (non-hydrogen) atoms. The molecule has 3 rings (SSSR count). The summed E-state index contributed by atoms with van der Waals surface area (Å²) in [6, 6.07) is 12.6. The van der Waals surface area contributed by atoms with E-state index in [2.05, 4.69) is 77.5 Å². The molecular formula is C22H31N5O. The number of aromatic nitrogens is 2. The molecule has 1 fully saturated rings. The highest BCUT2D eigenvalue weighted by Gasteiger charge is 2.35. The Morgan fingerprint density at radius 3 is 2.43 bits per heavy atom. The van der Waals surface area contributed by atoms with E-state index in [0.29, 0.717) is 12.3 Å². The van der Waals surface area contributed by atoms with Crippen LogP contribution in [0.1, 0.15) is 36.6 Å². The van der Waals surface area contributed by atoms with Crippen LogP contribution >= 0.6 is 0 Å². The summed E-state index contributed by atoms with van der Waals surface area (Å²) in [6.07, 6.45) is 0.402. The lowest BCUT2D eigenvalue weighted by atomic mass is 10.0. The minimum absolute atomic E-state index is 0.0561. The molecule has 2 atom stereocenters.